The van der Waals surface area contributed by atoms with Crippen LogP contribution in [0.1, 0.15) is 64.9 Å². The van der Waals surface area contributed by atoms with E-state index < -0.39 is 37.8 Å². The fraction of sp³-hybridized carbons (Fsp3) is 0.500. The summed E-state index contributed by atoms with van der Waals surface area (Å²) in [5.41, 5.74) is 6.10. The molecule has 0 aromatic heterocycles. The number of hydrogen-bond donors (Lipinski definition) is 6. The van der Waals surface area contributed by atoms with Crippen LogP contribution < -0.4 is 40.2 Å². The molecule has 0 heterocycles. The number of urea groups is 2. The molecule has 2 aliphatic rings. The summed E-state index contributed by atoms with van der Waals surface area (Å²) >= 11 is 12.6. The minimum atomic E-state index is -4.04. The summed E-state index contributed by atoms with van der Waals surface area (Å²) in [5.74, 6) is -1.71. The van der Waals surface area contributed by atoms with Crippen molar-refractivity contribution in [1.29, 1.82) is 0 Å². The van der Waals surface area contributed by atoms with Crippen molar-refractivity contribution < 1.29 is 63.6 Å². The fourth-order valence-electron chi connectivity index (χ4n) is 8.77. The van der Waals surface area contributed by atoms with Crippen LogP contribution in [0, 0.1) is 25.5 Å². The number of nitrogens with zero attached hydrogens (tertiary/aromatic N) is 1. The molecule has 424 valence electrons. The van der Waals surface area contributed by atoms with Gasteiger partial charge in [0.2, 0.25) is 20.0 Å². The third kappa shape index (κ3) is 18.6. The summed E-state index contributed by atoms with van der Waals surface area (Å²) in [7, 11) is -4.19. The molecule has 4 amide bonds. The van der Waals surface area contributed by atoms with Gasteiger partial charge in [-0.3, -0.25) is 0 Å². The van der Waals surface area contributed by atoms with E-state index in [4.69, 9.17) is 51.6 Å². The number of hydrogen-bond acceptors (Lipinski definition) is 13. The number of sulfonamides is 2. The van der Waals surface area contributed by atoms with Gasteiger partial charge in [-0.2, -0.15) is 0 Å². The molecule has 0 spiro atoms. The molecule has 2 aliphatic carbocycles. The molecule has 0 unspecified atom stereocenters. The molecule has 3 atom stereocenters. The number of carbonyl (C=O) groups excluding carboxylic acids is 2. The average molecular weight is 1160 g/mol. The molecule has 4 aromatic carbocycles. The fourth-order valence-corrected chi connectivity index (χ4v) is 11.4. The first-order valence-corrected chi connectivity index (χ1v) is 29.1. The lowest BCUT2D eigenvalue weighted by Gasteiger charge is -2.27. The second-order valence-corrected chi connectivity index (χ2v) is 22.9. The number of likely N-dealkylation sites (N-methyl/N-ethyl adjacent to an activating group) is 1. The lowest BCUT2D eigenvalue weighted by Crippen LogP contribution is -2.39. The summed E-state index contributed by atoms with van der Waals surface area (Å²) in [5, 5.41) is 11.9. The highest BCUT2D eigenvalue weighted by molar-refractivity contribution is 7.89. The van der Waals surface area contributed by atoms with Crippen molar-refractivity contribution in [3.05, 3.63) is 116 Å². The SMILES string of the molecule is Cc1cc(Cl)cc2c1CC[C@H]2Oc1ccc(S(=O)(=O)NCCOCCOCCNC(=O)NCCCCNC(=O)NCCOCCOCCNS(=O)(=O)c2ccc(O[C@H]3c4cc(Cl)cc(C)c4C[C@@H]3N(C)C)c(F)c2)cc1F. The Morgan fingerprint density at radius 2 is 1.03 bits per heavy atom. The summed E-state index contributed by atoms with van der Waals surface area (Å²) in [6.07, 6.45) is 2.51. The number of rotatable bonds is 32. The molecule has 0 aliphatic heterocycles. The minimum Gasteiger partial charge on any atom is -0.483 e. The highest BCUT2D eigenvalue weighted by Gasteiger charge is 2.37. The topological polar surface area (TPSA) is 233 Å². The molecule has 19 nitrogen and oxygen atoms in total. The number of fused-ring (bicyclic) bond motifs is 2. The van der Waals surface area contributed by atoms with Gasteiger partial charge >= 0.3 is 12.1 Å². The number of halogens is 4. The molecule has 0 saturated heterocycles. The number of aryl methyl sites for hydroxylation is 2. The second kappa shape index (κ2) is 29.9. The molecule has 0 bridgehead atoms. The van der Waals surface area contributed by atoms with Gasteiger partial charge < -0.3 is 54.6 Å². The Kier molecular flexibility index (Phi) is 23.8. The van der Waals surface area contributed by atoms with Crippen molar-refractivity contribution in [3.63, 3.8) is 0 Å². The average Bonchev–Trinajstić information content (AvgIpc) is 3.98. The van der Waals surface area contributed by atoms with Crippen molar-refractivity contribution in [2.24, 2.45) is 0 Å². The highest BCUT2D eigenvalue weighted by Crippen LogP contribution is 2.42. The van der Waals surface area contributed by atoms with Gasteiger partial charge in [-0.05, 0) is 154 Å². The molecule has 77 heavy (non-hydrogen) atoms. The van der Waals surface area contributed by atoms with Crippen LogP contribution in [0.4, 0.5) is 18.4 Å². The van der Waals surface area contributed by atoms with E-state index in [9.17, 15) is 30.8 Å². The van der Waals surface area contributed by atoms with Crippen molar-refractivity contribution in [2.75, 3.05) is 106 Å². The van der Waals surface area contributed by atoms with E-state index in [0.29, 0.717) is 48.8 Å². The van der Waals surface area contributed by atoms with Gasteiger partial charge in [-0.1, -0.05) is 23.2 Å². The molecule has 0 radical (unpaired) electrons. The van der Waals surface area contributed by atoms with Crippen LogP contribution in [0.25, 0.3) is 0 Å². The van der Waals surface area contributed by atoms with Crippen LogP contribution in [0.2, 0.25) is 10.0 Å². The van der Waals surface area contributed by atoms with Crippen molar-refractivity contribution in [2.45, 2.75) is 74.0 Å². The van der Waals surface area contributed by atoms with E-state index in [0.717, 1.165) is 51.9 Å². The quantitative estimate of drug-likeness (QED) is 0.0297. The number of unbranched alkanes of at least 4 members (excludes halogenated alkanes) is 1. The molecule has 0 fully saturated rings. The van der Waals surface area contributed by atoms with Gasteiger partial charge in [0, 0.05) is 49.3 Å². The predicted molar refractivity (Wildman–Crippen MR) is 287 cm³/mol. The number of benzene rings is 4. The summed E-state index contributed by atoms with van der Waals surface area (Å²) < 4.78 is 120. The Balaban J connectivity index is 0.698. The number of nitrogens with one attached hydrogen (secondary N) is 6. The first kappa shape index (κ1) is 61.3. The molecular formula is C52H69Cl2F2N7O12S2. The van der Waals surface area contributed by atoms with Gasteiger partial charge in [-0.25, -0.2) is 44.6 Å². The van der Waals surface area contributed by atoms with Crippen LogP contribution in [0.5, 0.6) is 11.5 Å². The largest absolute Gasteiger partial charge is 0.483 e. The van der Waals surface area contributed by atoms with E-state index in [-0.39, 0.29) is 125 Å². The molecule has 4 aromatic rings. The first-order valence-electron chi connectivity index (χ1n) is 25.3. The smallest absolute Gasteiger partial charge is 0.314 e. The first-order chi connectivity index (χ1) is 36.8. The third-order valence-electron chi connectivity index (χ3n) is 12.7. The summed E-state index contributed by atoms with van der Waals surface area (Å²) in [6.45, 7) is 6.48. The lowest BCUT2D eigenvalue weighted by molar-refractivity contribution is 0.0516. The summed E-state index contributed by atoms with van der Waals surface area (Å²) in [4.78, 5) is 25.7. The van der Waals surface area contributed by atoms with Gasteiger partial charge in [0.1, 0.15) is 12.2 Å². The van der Waals surface area contributed by atoms with E-state index in [1.807, 2.05) is 57.1 Å². The zero-order valence-corrected chi connectivity index (χ0v) is 46.8. The maximum atomic E-state index is 15.3. The van der Waals surface area contributed by atoms with Crippen LogP contribution in [-0.2, 0) is 51.8 Å². The highest BCUT2D eigenvalue weighted by atomic mass is 35.5. The molecule has 6 rings (SSSR count). The third-order valence-corrected chi connectivity index (χ3v) is 16.0. The van der Waals surface area contributed by atoms with Crippen LogP contribution >= 0.6 is 23.2 Å². The van der Waals surface area contributed by atoms with Crippen molar-refractivity contribution in [1.82, 2.24) is 35.6 Å². The number of ether oxygens (including phenoxy) is 6. The van der Waals surface area contributed by atoms with E-state index in [1.165, 1.54) is 24.3 Å². The van der Waals surface area contributed by atoms with Gasteiger partial charge in [0.25, 0.3) is 0 Å². The predicted octanol–water partition coefficient (Wildman–Crippen LogP) is 6.26. The Morgan fingerprint density at radius 1 is 0.584 bits per heavy atom. The van der Waals surface area contributed by atoms with Gasteiger partial charge in [0.15, 0.2) is 23.1 Å². The molecule has 0 saturated carbocycles. The van der Waals surface area contributed by atoms with Crippen molar-refractivity contribution >= 4 is 55.3 Å². The monoisotopic (exact) mass is 1160 g/mol. The Hall–Kier alpha value is -4.92. The maximum absolute atomic E-state index is 15.3. The second-order valence-electron chi connectivity index (χ2n) is 18.5. The molecule has 25 heteroatoms. The van der Waals surface area contributed by atoms with Crippen LogP contribution in [0.3, 0.4) is 0 Å². The zero-order valence-electron chi connectivity index (χ0n) is 43.6. The van der Waals surface area contributed by atoms with Crippen LogP contribution in [0.15, 0.2) is 70.5 Å². The van der Waals surface area contributed by atoms with Crippen molar-refractivity contribution in [3.8, 4) is 11.5 Å². The summed E-state index contributed by atoms with van der Waals surface area (Å²) in [6, 6.07) is 13.7. The maximum Gasteiger partial charge on any atom is 0.314 e. The molecular weight excluding hydrogens is 1090 g/mol. The van der Waals surface area contributed by atoms with Gasteiger partial charge in [-0.15, -0.1) is 0 Å². The van der Waals surface area contributed by atoms with Gasteiger partial charge in [0.05, 0.1) is 68.7 Å². The number of amides is 4. The van der Waals surface area contributed by atoms with E-state index in [2.05, 4.69) is 30.7 Å². The Labute approximate surface area is 459 Å². The standard InChI is InChI=1S/C52H69Cl2F2N7O12S2/c1-34-27-36(53)29-42-40(34)9-12-47(42)74-48-10-7-38(31-44(48)55)76(66,67)61-17-21-72-25-23-70-19-15-59-51(64)57-13-5-6-14-58-52(65)60-16-20-71-24-26-73-22-18-62-77(68,69)39-8-11-49(45(56)32-39)75-50-43-30-37(54)28-35(2)41(43)33-46(50)63(3)4/h7-8,10-11,27-32,46-47,50,61-62H,5-6,9,12-26,33H2,1-4H3,(H2,57,59,64)(H2,58,60,65)/t46-,47+,50-/m0/s1. The van der Waals surface area contributed by atoms with Crippen LogP contribution in [-0.4, -0.2) is 146 Å². The minimum absolute atomic E-state index is 0.0441. The zero-order chi connectivity index (χ0) is 55.5. The lowest BCUT2D eigenvalue weighted by atomic mass is 10.0. The number of carbonyl (C=O) groups is 2. The molecule has 6 N–H and O–H groups in total. The van der Waals surface area contributed by atoms with E-state index in [1.54, 1.807) is 0 Å². The Morgan fingerprint density at radius 3 is 1.51 bits per heavy atom. The van der Waals surface area contributed by atoms with E-state index >= 15 is 4.39 Å². The normalized spacial score (nSPS) is 16.0. The Bertz CT molecular complexity index is 2860.